The molecule has 0 unspecified atom stereocenters. The van der Waals surface area contributed by atoms with Crippen molar-refractivity contribution in [3.05, 3.63) is 16.4 Å². The molecule has 0 aromatic carbocycles. The Labute approximate surface area is 119 Å². The molecule has 0 amide bonds. The van der Waals surface area contributed by atoms with Gasteiger partial charge in [0.05, 0.1) is 27.7 Å². The maximum atomic E-state index is 11.3. The molecule has 2 N–H and O–H groups in total. The van der Waals surface area contributed by atoms with E-state index in [1.54, 1.807) is 13.8 Å². The first-order valence-electron chi connectivity index (χ1n) is 6.02. The lowest BCUT2D eigenvalue weighted by Gasteiger charge is -2.17. The van der Waals surface area contributed by atoms with Crippen molar-refractivity contribution in [2.45, 2.75) is 39.8 Å². The summed E-state index contributed by atoms with van der Waals surface area (Å²) >= 11 is 1.39. The molecule has 0 saturated carbocycles. The molecular weight excluding hydrogens is 280 g/mol. The summed E-state index contributed by atoms with van der Waals surface area (Å²) in [5, 5.41) is 27.6. The van der Waals surface area contributed by atoms with E-state index in [1.165, 1.54) is 16.0 Å². The van der Waals surface area contributed by atoms with Crippen LogP contribution in [-0.4, -0.2) is 41.8 Å². The Balaban J connectivity index is 2.61. The molecule has 7 nitrogen and oxygen atoms in total. The van der Waals surface area contributed by atoms with Gasteiger partial charge >= 0.3 is 5.97 Å². The molecule has 8 heteroatoms. The number of carbonyl (C=O) groups is 1. The Hall–Kier alpha value is -1.80. The van der Waals surface area contributed by atoms with Crippen LogP contribution >= 0.6 is 11.3 Å². The molecule has 0 spiro atoms. The molecule has 2 aromatic rings. The summed E-state index contributed by atoms with van der Waals surface area (Å²) in [6.45, 7) is 7.07. The van der Waals surface area contributed by atoms with Crippen LogP contribution in [0.5, 0.6) is 0 Å². The molecular formula is C12H16N4O3S. The Morgan fingerprint density at radius 3 is 2.50 bits per heavy atom. The van der Waals surface area contributed by atoms with Gasteiger partial charge in [0.25, 0.3) is 0 Å². The SMILES string of the molecule is Cc1nc(C)c(-c2c(C(=O)O)nnn2CC(C)(C)O)s1. The number of hydrogen-bond acceptors (Lipinski definition) is 6. The molecule has 0 atom stereocenters. The lowest BCUT2D eigenvalue weighted by molar-refractivity contribution is 0.0575. The monoisotopic (exact) mass is 296 g/mol. The summed E-state index contributed by atoms with van der Waals surface area (Å²) in [7, 11) is 0. The van der Waals surface area contributed by atoms with E-state index in [0.29, 0.717) is 10.6 Å². The van der Waals surface area contributed by atoms with E-state index < -0.39 is 11.6 Å². The summed E-state index contributed by atoms with van der Waals surface area (Å²) in [6.07, 6.45) is 0. The van der Waals surface area contributed by atoms with E-state index in [1.807, 2.05) is 13.8 Å². The highest BCUT2D eigenvalue weighted by atomic mass is 32.1. The number of aromatic carboxylic acids is 1. The zero-order chi connectivity index (χ0) is 15.1. The fourth-order valence-electron chi connectivity index (χ4n) is 1.91. The molecule has 20 heavy (non-hydrogen) atoms. The summed E-state index contributed by atoms with van der Waals surface area (Å²) in [6, 6.07) is 0. The van der Waals surface area contributed by atoms with E-state index >= 15 is 0 Å². The van der Waals surface area contributed by atoms with Crippen molar-refractivity contribution in [1.82, 2.24) is 20.0 Å². The first kappa shape index (κ1) is 14.6. The van der Waals surface area contributed by atoms with Gasteiger partial charge in [0.1, 0.15) is 5.69 Å². The zero-order valence-corrected chi connectivity index (χ0v) is 12.5. The second kappa shape index (κ2) is 4.95. The number of thiazole rings is 1. The maximum absolute atomic E-state index is 11.3. The molecule has 0 bridgehead atoms. The zero-order valence-electron chi connectivity index (χ0n) is 11.7. The van der Waals surface area contributed by atoms with E-state index in [4.69, 9.17) is 0 Å². The molecule has 0 aliphatic carbocycles. The Bertz CT molecular complexity index is 654. The van der Waals surface area contributed by atoms with E-state index in [0.717, 1.165) is 10.7 Å². The average Bonchev–Trinajstić information content (AvgIpc) is 2.79. The lowest BCUT2D eigenvalue weighted by Crippen LogP contribution is -2.27. The number of carboxylic acid groups (broad SMARTS) is 1. The predicted molar refractivity (Wildman–Crippen MR) is 73.9 cm³/mol. The number of aromatic nitrogens is 4. The Morgan fingerprint density at radius 1 is 1.40 bits per heavy atom. The van der Waals surface area contributed by atoms with Crippen LogP contribution < -0.4 is 0 Å². The third kappa shape index (κ3) is 2.86. The van der Waals surface area contributed by atoms with Gasteiger partial charge in [-0.3, -0.25) is 0 Å². The number of aryl methyl sites for hydroxylation is 2. The van der Waals surface area contributed by atoms with Gasteiger partial charge in [0.15, 0.2) is 5.69 Å². The predicted octanol–water partition coefficient (Wildman–Crippen LogP) is 1.49. The van der Waals surface area contributed by atoms with Gasteiger partial charge in [-0.15, -0.1) is 16.4 Å². The van der Waals surface area contributed by atoms with Crippen molar-refractivity contribution in [3.8, 4) is 10.6 Å². The fourth-order valence-corrected chi connectivity index (χ4v) is 2.88. The average molecular weight is 296 g/mol. The van der Waals surface area contributed by atoms with Crippen LogP contribution in [0.1, 0.15) is 35.0 Å². The standard InChI is InChI=1S/C12H16N4O3S/c1-6-10(20-7(2)13-6)9-8(11(17)18)14-15-16(9)5-12(3,4)19/h19H,5H2,1-4H3,(H,17,18). The van der Waals surface area contributed by atoms with Crippen molar-refractivity contribution in [2.24, 2.45) is 0 Å². The van der Waals surface area contributed by atoms with Gasteiger partial charge in [-0.25, -0.2) is 14.5 Å². The van der Waals surface area contributed by atoms with Crippen LogP contribution in [0.25, 0.3) is 10.6 Å². The molecule has 2 rings (SSSR count). The maximum Gasteiger partial charge on any atom is 0.358 e. The third-order valence-corrected chi connectivity index (χ3v) is 3.67. The summed E-state index contributed by atoms with van der Waals surface area (Å²) < 4.78 is 1.42. The topological polar surface area (TPSA) is 101 Å². The molecule has 0 aliphatic heterocycles. The van der Waals surface area contributed by atoms with E-state index in [2.05, 4.69) is 15.3 Å². The van der Waals surface area contributed by atoms with Gasteiger partial charge in [-0.1, -0.05) is 5.21 Å². The van der Waals surface area contributed by atoms with Crippen molar-refractivity contribution >= 4 is 17.3 Å². The first-order valence-corrected chi connectivity index (χ1v) is 6.84. The van der Waals surface area contributed by atoms with Crippen LogP contribution in [0.15, 0.2) is 0 Å². The van der Waals surface area contributed by atoms with Crippen LogP contribution in [0.4, 0.5) is 0 Å². The van der Waals surface area contributed by atoms with Gasteiger partial charge in [-0.2, -0.15) is 0 Å². The number of rotatable bonds is 4. The lowest BCUT2D eigenvalue weighted by atomic mass is 10.1. The molecule has 0 aliphatic rings. The molecule has 0 radical (unpaired) electrons. The highest BCUT2D eigenvalue weighted by Crippen LogP contribution is 2.32. The minimum atomic E-state index is -1.15. The van der Waals surface area contributed by atoms with Crippen molar-refractivity contribution in [1.29, 1.82) is 0 Å². The smallest absolute Gasteiger partial charge is 0.358 e. The van der Waals surface area contributed by atoms with Crippen molar-refractivity contribution < 1.29 is 15.0 Å². The van der Waals surface area contributed by atoms with Crippen LogP contribution in [-0.2, 0) is 6.54 Å². The van der Waals surface area contributed by atoms with Crippen molar-refractivity contribution in [3.63, 3.8) is 0 Å². The second-order valence-electron chi connectivity index (χ2n) is 5.21. The molecule has 2 aromatic heterocycles. The summed E-state index contributed by atoms with van der Waals surface area (Å²) in [5.41, 5.74) is -0.0238. The Morgan fingerprint density at radius 2 is 2.05 bits per heavy atom. The number of aliphatic hydroxyl groups is 1. The fraction of sp³-hybridized carbons (Fsp3) is 0.500. The van der Waals surface area contributed by atoms with Gasteiger partial charge in [0, 0.05) is 0 Å². The van der Waals surface area contributed by atoms with Crippen LogP contribution in [0, 0.1) is 13.8 Å². The number of hydrogen-bond donors (Lipinski definition) is 2. The van der Waals surface area contributed by atoms with Crippen molar-refractivity contribution in [2.75, 3.05) is 0 Å². The third-order valence-electron chi connectivity index (χ3n) is 2.59. The van der Waals surface area contributed by atoms with Crippen LogP contribution in [0.3, 0.4) is 0 Å². The Kier molecular flexibility index (Phi) is 3.61. The first-order chi connectivity index (χ1) is 9.19. The van der Waals surface area contributed by atoms with E-state index in [-0.39, 0.29) is 12.2 Å². The quantitative estimate of drug-likeness (QED) is 0.886. The van der Waals surface area contributed by atoms with Gasteiger partial charge in [-0.05, 0) is 27.7 Å². The molecule has 108 valence electrons. The largest absolute Gasteiger partial charge is 0.476 e. The summed E-state index contributed by atoms with van der Waals surface area (Å²) in [4.78, 5) is 16.3. The number of nitrogens with zero attached hydrogens (tertiary/aromatic N) is 4. The van der Waals surface area contributed by atoms with Gasteiger partial charge in [0.2, 0.25) is 0 Å². The molecule has 0 saturated heterocycles. The second-order valence-corrected chi connectivity index (χ2v) is 6.41. The molecule has 2 heterocycles. The van der Waals surface area contributed by atoms with E-state index in [9.17, 15) is 15.0 Å². The highest BCUT2D eigenvalue weighted by molar-refractivity contribution is 7.15. The highest BCUT2D eigenvalue weighted by Gasteiger charge is 2.26. The number of carboxylic acids is 1. The van der Waals surface area contributed by atoms with Crippen LogP contribution in [0.2, 0.25) is 0 Å². The summed E-state index contributed by atoms with van der Waals surface area (Å²) in [5.74, 6) is -1.15. The molecule has 0 fully saturated rings. The minimum absolute atomic E-state index is 0.124. The minimum Gasteiger partial charge on any atom is -0.476 e. The normalized spacial score (nSPS) is 11.8. The van der Waals surface area contributed by atoms with Gasteiger partial charge < -0.3 is 10.2 Å².